The van der Waals surface area contributed by atoms with Gasteiger partial charge in [-0.05, 0) is 56.6 Å². The summed E-state index contributed by atoms with van der Waals surface area (Å²) in [7, 11) is 0. The molecule has 0 bridgehead atoms. The monoisotopic (exact) mass is 521 g/mol. The highest BCUT2D eigenvalue weighted by molar-refractivity contribution is 6.25. The molecular weight excluding hydrogens is 498 g/mol. The van der Waals surface area contributed by atoms with Gasteiger partial charge in [0.1, 0.15) is 0 Å². The number of nitrogens with zero attached hydrogens (tertiary/aromatic N) is 3. The van der Waals surface area contributed by atoms with Crippen LogP contribution in [0.1, 0.15) is 0 Å². The van der Waals surface area contributed by atoms with Gasteiger partial charge < -0.3 is 0 Å². The Kier molecular flexibility index (Phi) is 4.61. The number of rotatable bonds is 2. The van der Waals surface area contributed by atoms with E-state index in [2.05, 4.69) is 144 Å². The van der Waals surface area contributed by atoms with E-state index in [0.717, 1.165) is 33.2 Å². The Morgan fingerprint density at radius 1 is 0.366 bits per heavy atom. The molecule has 0 saturated heterocycles. The molecule has 0 unspecified atom stereocenters. The Morgan fingerprint density at radius 2 is 0.829 bits per heavy atom. The van der Waals surface area contributed by atoms with Gasteiger partial charge in [-0.2, -0.15) is 0 Å². The highest BCUT2D eigenvalue weighted by Crippen LogP contribution is 2.38. The molecule has 0 atom stereocenters. The average Bonchev–Trinajstić information content (AvgIpc) is 3.39. The zero-order valence-electron chi connectivity index (χ0n) is 22.1. The topological polar surface area (TPSA) is 30.7 Å². The molecule has 7 aromatic carbocycles. The van der Waals surface area contributed by atoms with Crippen LogP contribution in [-0.2, 0) is 0 Å². The largest absolute Gasteiger partial charge is 0.278 e. The van der Waals surface area contributed by atoms with Gasteiger partial charge in [-0.1, -0.05) is 115 Å². The van der Waals surface area contributed by atoms with Crippen molar-refractivity contribution in [3.8, 4) is 17.2 Å². The Bertz CT molecular complexity index is 2400. The third-order valence-electron chi connectivity index (χ3n) is 8.39. The molecule has 9 rings (SSSR count). The maximum absolute atomic E-state index is 5.31. The fraction of sp³-hybridized carbons (Fsp3) is 0. The molecule has 0 aliphatic rings. The molecule has 0 fully saturated rings. The molecule has 0 spiro atoms. The van der Waals surface area contributed by atoms with E-state index in [9.17, 15) is 0 Å². The first-order valence-corrected chi connectivity index (χ1v) is 13.9. The summed E-state index contributed by atoms with van der Waals surface area (Å²) in [6.45, 7) is 0. The number of hydrogen-bond acceptors (Lipinski definition) is 2. The van der Waals surface area contributed by atoms with Gasteiger partial charge in [-0.25, -0.2) is 9.97 Å². The first-order chi connectivity index (χ1) is 20.3. The summed E-state index contributed by atoms with van der Waals surface area (Å²) in [5.74, 6) is 0.680. The van der Waals surface area contributed by atoms with E-state index in [0.29, 0.717) is 5.95 Å². The summed E-state index contributed by atoms with van der Waals surface area (Å²) in [6, 6.07) is 49.5. The minimum absolute atomic E-state index is 0.680. The maximum atomic E-state index is 5.31. The highest BCUT2D eigenvalue weighted by Gasteiger charge is 2.17. The Hall–Kier alpha value is -5.54. The molecule has 2 aromatic heterocycles. The summed E-state index contributed by atoms with van der Waals surface area (Å²) in [5, 5.41) is 11.0. The van der Waals surface area contributed by atoms with Crippen LogP contribution in [0, 0.1) is 0 Å². The minimum atomic E-state index is 0.680. The van der Waals surface area contributed by atoms with Gasteiger partial charge >= 0.3 is 0 Å². The van der Waals surface area contributed by atoms with Gasteiger partial charge in [0.15, 0.2) is 0 Å². The summed E-state index contributed by atoms with van der Waals surface area (Å²) in [6.07, 6.45) is 0. The van der Waals surface area contributed by atoms with E-state index in [1.165, 1.54) is 43.1 Å². The van der Waals surface area contributed by atoms with Crippen molar-refractivity contribution >= 4 is 65.0 Å². The third kappa shape index (κ3) is 3.20. The minimum Gasteiger partial charge on any atom is -0.278 e. The van der Waals surface area contributed by atoms with Crippen LogP contribution in [0.5, 0.6) is 0 Å². The van der Waals surface area contributed by atoms with E-state index in [-0.39, 0.29) is 0 Å². The fourth-order valence-electron chi connectivity index (χ4n) is 6.58. The second-order valence-corrected chi connectivity index (χ2v) is 10.6. The fourth-order valence-corrected chi connectivity index (χ4v) is 6.58. The summed E-state index contributed by atoms with van der Waals surface area (Å²) < 4.78 is 2.20. The molecule has 0 saturated carbocycles. The normalized spacial score (nSPS) is 11.9. The SMILES string of the molecule is c1ccc2c(-c3ccc4c5ccccc5c5ccccc5c4c3)nc(-n3c4ccccc4c4ccccc43)nc2c1. The lowest BCUT2D eigenvalue weighted by Crippen LogP contribution is -2.03. The molecule has 3 nitrogen and oxygen atoms in total. The Labute approximate surface area is 235 Å². The molecule has 0 amide bonds. The van der Waals surface area contributed by atoms with Gasteiger partial charge in [0.25, 0.3) is 0 Å². The predicted molar refractivity (Wildman–Crippen MR) is 172 cm³/mol. The lowest BCUT2D eigenvalue weighted by Gasteiger charge is -2.14. The van der Waals surface area contributed by atoms with Crippen LogP contribution < -0.4 is 0 Å². The zero-order chi connectivity index (χ0) is 26.9. The van der Waals surface area contributed by atoms with E-state index in [4.69, 9.17) is 9.97 Å². The average molecular weight is 522 g/mol. The lowest BCUT2D eigenvalue weighted by molar-refractivity contribution is 1.01. The van der Waals surface area contributed by atoms with Crippen LogP contribution in [-0.4, -0.2) is 14.5 Å². The third-order valence-corrected chi connectivity index (χ3v) is 8.39. The van der Waals surface area contributed by atoms with E-state index < -0.39 is 0 Å². The van der Waals surface area contributed by atoms with Crippen LogP contribution in [0.25, 0.3) is 82.2 Å². The zero-order valence-corrected chi connectivity index (χ0v) is 22.1. The number of hydrogen-bond donors (Lipinski definition) is 0. The highest BCUT2D eigenvalue weighted by atomic mass is 15.2. The summed E-state index contributed by atoms with van der Waals surface area (Å²) in [4.78, 5) is 10.4. The van der Waals surface area contributed by atoms with Gasteiger partial charge in [-0.15, -0.1) is 0 Å². The predicted octanol–water partition coefficient (Wildman–Crippen LogP) is 9.85. The van der Waals surface area contributed by atoms with E-state index in [1.807, 2.05) is 0 Å². The van der Waals surface area contributed by atoms with Crippen LogP contribution in [0.4, 0.5) is 0 Å². The molecule has 9 aromatic rings. The molecule has 3 heteroatoms. The van der Waals surface area contributed by atoms with Gasteiger partial charge in [0.05, 0.1) is 22.2 Å². The standard InChI is InChI=1S/C38H23N3/c1-2-13-27-25(11-1)26-12-3-4-14-28(26)33-23-24(21-22-29(27)33)37-32-17-5-8-18-34(32)39-38(40-37)41-35-19-9-6-15-30(35)31-16-7-10-20-36(31)41/h1-23H. The van der Waals surface area contributed by atoms with E-state index in [1.54, 1.807) is 0 Å². The molecule has 0 aliphatic heterocycles. The number of benzene rings is 7. The molecule has 0 radical (unpaired) electrons. The molecule has 190 valence electrons. The van der Waals surface area contributed by atoms with Crippen molar-refractivity contribution in [2.75, 3.05) is 0 Å². The van der Waals surface area contributed by atoms with Crippen LogP contribution in [0.2, 0.25) is 0 Å². The van der Waals surface area contributed by atoms with Crippen LogP contribution in [0.15, 0.2) is 140 Å². The number of aromatic nitrogens is 3. The van der Waals surface area contributed by atoms with Crippen molar-refractivity contribution < 1.29 is 0 Å². The second kappa shape index (κ2) is 8.48. The van der Waals surface area contributed by atoms with Crippen molar-refractivity contribution in [2.24, 2.45) is 0 Å². The summed E-state index contributed by atoms with van der Waals surface area (Å²) >= 11 is 0. The number of para-hydroxylation sites is 3. The van der Waals surface area contributed by atoms with Crippen LogP contribution in [0.3, 0.4) is 0 Å². The molecule has 2 heterocycles. The molecule has 41 heavy (non-hydrogen) atoms. The molecule has 0 aliphatic carbocycles. The smallest absolute Gasteiger partial charge is 0.235 e. The van der Waals surface area contributed by atoms with Crippen molar-refractivity contribution in [1.82, 2.24) is 14.5 Å². The van der Waals surface area contributed by atoms with Crippen molar-refractivity contribution in [3.63, 3.8) is 0 Å². The van der Waals surface area contributed by atoms with Crippen molar-refractivity contribution in [2.45, 2.75) is 0 Å². The van der Waals surface area contributed by atoms with Crippen molar-refractivity contribution in [1.29, 1.82) is 0 Å². The molecule has 0 N–H and O–H groups in total. The summed E-state index contributed by atoms with van der Waals surface area (Å²) in [5.41, 5.74) is 5.15. The van der Waals surface area contributed by atoms with Gasteiger partial charge in [0, 0.05) is 21.7 Å². The van der Waals surface area contributed by atoms with Crippen molar-refractivity contribution in [3.05, 3.63) is 140 Å². The molecular formula is C38H23N3. The first-order valence-electron chi connectivity index (χ1n) is 13.9. The van der Waals surface area contributed by atoms with Gasteiger partial charge in [0.2, 0.25) is 5.95 Å². The Balaban J connectivity index is 1.38. The Morgan fingerprint density at radius 3 is 1.44 bits per heavy atom. The maximum Gasteiger partial charge on any atom is 0.235 e. The van der Waals surface area contributed by atoms with Gasteiger partial charge in [-0.3, -0.25) is 4.57 Å². The van der Waals surface area contributed by atoms with E-state index >= 15 is 0 Å². The van der Waals surface area contributed by atoms with Crippen LogP contribution >= 0.6 is 0 Å². The first kappa shape index (κ1) is 22.3. The lowest BCUT2D eigenvalue weighted by atomic mass is 9.92. The quantitative estimate of drug-likeness (QED) is 0.212. The second-order valence-electron chi connectivity index (χ2n) is 10.6. The number of fused-ring (bicyclic) bond motifs is 10.